The molecular formula is C20H18F6N4O4. The molecule has 0 spiro atoms. The topological polar surface area (TPSA) is 107 Å². The molecule has 3 rings (SSSR count). The molecule has 8 nitrogen and oxygen atoms in total. The van der Waals surface area contributed by atoms with Crippen LogP contribution in [0.3, 0.4) is 0 Å². The van der Waals surface area contributed by atoms with Crippen molar-refractivity contribution in [2.45, 2.75) is 31.1 Å². The van der Waals surface area contributed by atoms with Gasteiger partial charge >= 0.3 is 24.4 Å². The summed E-state index contributed by atoms with van der Waals surface area (Å²) in [5, 5.41) is 2.66. The number of anilines is 1. The van der Waals surface area contributed by atoms with Gasteiger partial charge in [-0.05, 0) is 18.2 Å². The molecule has 1 aromatic carbocycles. The number of nitrogens with zero attached hydrogens (tertiary/aromatic N) is 2. The number of carbonyl (C=O) groups excluding carboxylic acids is 2. The molecule has 0 aliphatic carbocycles. The Morgan fingerprint density at radius 2 is 1.79 bits per heavy atom. The molecule has 1 aromatic heterocycles. The van der Waals surface area contributed by atoms with Gasteiger partial charge in [0.15, 0.2) is 6.23 Å². The standard InChI is InChI=1S/C20H18F6N4O4/c21-19(22,23)14-8-11(16(27)34-17(31)20(24,25)26)9-15(29-14)33-13-6-7-30(10-13)18(32)28-12-4-2-1-3-5-12/h1-5,8-9,13,16H,6-7,10,27H2,(H,28,32)/t13-,16?/m0/s1. The third-order valence-corrected chi connectivity index (χ3v) is 4.65. The van der Waals surface area contributed by atoms with Crippen LogP contribution in [0, 0.1) is 0 Å². The molecule has 2 aromatic rings. The number of benzene rings is 1. The summed E-state index contributed by atoms with van der Waals surface area (Å²) in [4.78, 5) is 28.1. The summed E-state index contributed by atoms with van der Waals surface area (Å²) in [7, 11) is 0. The maximum absolute atomic E-state index is 13.2. The highest BCUT2D eigenvalue weighted by Gasteiger charge is 2.42. The molecule has 0 radical (unpaired) electrons. The van der Waals surface area contributed by atoms with Crippen molar-refractivity contribution in [3.63, 3.8) is 0 Å². The fourth-order valence-electron chi connectivity index (χ4n) is 3.05. The van der Waals surface area contributed by atoms with Crippen LogP contribution in [0.25, 0.3) is 0 Å². The van der Waals surface area contributed by atoms with E-state index in [2.05, 4.69) is 15.0 Å². The number of hydrogen-bond donors (Lipinski definition) is 2. The molecule has 184 valence electrons. The number of pyridine rings is 1. The minimum atomic E-state index is -5.38. The lowest BCUT2D eigenvalue weighted by atomic mass is 10.2. The van der Waals surface area contributed by atoms with E-state index in [1.54, 1.807) is 30.3 Å². The number of halogens is 6. The molecule has 2 amide bonds. The van der Waals surface area contributed by atoms with E-state index in [1.165, 1.54) is 4.90 Å². The van der Waals surface area contributed by atoms with Crippen molar-refractivity contribution in [2.75, 3.05) is 18.4 Å². The fraction of sp³-hybridized carbons (Fsp3) is 0.350. The maximum atomic E-state index is 13.2. The number of para-hydroxylation sites is 1. The van der Waals surface area contributed by atoms with E-state index < -0.39 is 53.8 Å². The van der Waals surface area contributed by atoms with Crippen LogP contribution in [-0.2, 0) is 15.7 Å². The number of nitrogens with one attached hydrogen (secondary N) is 1. The molecule has 3 N–H and O–H groups in total. The van der Waals surface area contributed by atoms with E-state index in [1.807, 2.05) is 0 Å². The number of nitrogens with two attached hydrogens (primary N) is 1. The highest BCUT2D eigenvalue weighted by molar-refractivity contribution is 5.89. The zero-order valence-electron chi connectivity index (χ0n) is 17.2. The van der Waals surface area contributed by atoms with Crippen LogP contribution < -0.4 is 15.8 Å². The summed E-state index contributed by atoms with van der Waals surface area (Å²) in [6, 6.07) is 9.30. The summed E-state index contributed by atoms with van der Waals surface area (Å²) in [5.41, 5.74) is 3.80. The van der Waals surface area contributed by atoms with Crippen LogP contribution in [0.1, 0.15) is 23.9 Å². The Morgan fingerprint density at radius 1 is 1.12 bits per heavy atom. The van der Waals surface area contributed by atoms with Crippen LogP contribution in [-0.4, -0.2) is 47.3 Å². The molecule has 34 heavy (non-hydrogen) atoms. The lowest BCUT2D eigenvalue weighted by Gasteiger charge is -2.20. The summed E-state index contributed by atoms with van der Waals surface area (Å²) in [6.07, 6.45) is -13.0. The summed E-state index contributed by atoms with van der Waals surface area (Å²) < 4.78 is 86.4. The number of aromatic nitrogens is 1. The molecule has 1 fully saturated rings. The molecule has 1 unspecified atom stereocenters. The zero-order valence-corrected chi connectivity index (χ0v) is 17.2. The van der Waals surface area contributed by atoms with Crippen molar-refractivity contribution < 1.29 is 45.4 Å². The largest absolute Gasteiger partial charge is 0.490 e. The number of amides is 2. The van der Waals surface area contributed by atoms with Crippen molar-refractivity contribution in [1.29, 1.82) is 0 Å². The monoisotopic (exact) mass is 492 g/mol. The molecule has 1 aliphatic rings. The number of esters is 1. The highest BCUT2D eigenvalue weighted by Crippen LogP contribution is 2.32. The Labute approximate surface area is 188 Å². The predicted octanol–water partition coefficient (Wildman–Crippen LogP) is 3.85. The third kappa shape index (κ3) is 6.50. The second-order valence-corrected chi connectivity index (χ2v) is 7.22. The van der Waals surface area contributed by atoms with Crippen LogP contribution in [0.4, 0.5) is 36.8 Å². The van der Waals surface area contributed by atoms with E-state index in [4.69, 9.17) is 10.5 Å². The number of urea groups is 1. The lowest BCUT2D eigenvalue weighted by Crippen LogP contribution is -2.34. The van der Waals surface area contributed by atoms with Crippen LogP contribution in [0.5, 0.6) is 5.88 Å². The second kappa shape index (κ2) is 9.75. The normalized spacial score (nSPS) is 17.3. The zero-order chi connectivity index (χ0) is 25.1. The number of ether oxygens (including phenoxy) is 2. The van der Waals surface area contributed by atoms with Crippen LogP contribution in [0.2, 0.25) is 0 Å². The van der Waals surface area contributed by atoms with E-state index in [9.17, 15) is 35.9 Å². The lowest BCUT2D eigenvalue weighted by molar-refractivity contribution is -0.205. The fourth-order valence-corrected chi connectivity index (χ4v) is 3.05. The van der Waals surface area contributed by atoms with Gasteiger partial charge in [-0.2, -0.15) is 26.3 Å². The average Bonchev–Trinajstić information content (AvgIpc) is 3.21. The van der Waals surface area contributed by atoms with E-state index in [0.717, 1.165) is 6.07 Å². The van der Waals surface area contributed by atoms with Gasteiger partial charge in [-0.1, -0.05) is 18.2 Å². The summed E-state index contributed by atoms with van der Waals surface area (Å²) in [6.45, 7) is 0.249. The van der Waals surface area contributed by atoms with Gasteiger partial charge in [-0.3, -0.25) is 5.73 Å². The Hall–Kier alpha value is -3.55. The minimum absolute atomic E-state index is 0.0149. The molecule has 2 atom stereocenters. The van der Waals surface area contributed by atoms with E-state index >= 15 is 0 Å². The molecule has 14 heteroatoms. The molecule has 0 bridgehead atoms. The number of alkyl halides is 6. The first kappa shape index (κ1) is 25.1. The first-order valence-corrected chi connectivity index (χ1v) is 9.73. The van der Waals surface area contributed by atoms with Gasteiger partial charge in [0.1, 0.15) is 11.8 Å². The van der Waals surface area contributed by atoms with Gasteiger partial charge in [0.2, 0.25) is 5.88 Å². The van der Waals surface area contributed by atoms with Crippen molar-refractivity contribution >= 4 is 17.7 Å². The van der Waals surface area contributed by atoms with Crippen molar-refractivity contribution in [1.82, 2.24) is 9.88 Å². The second-order valence-electron chi connectivity index (χ2n) is 7.22. The predicted molar refractivity (Wildman–Crippen MR) is 104 cm³/mol. The summed E-state index contributed by atoms with van der Waals surface area (Å²) in [5.74, 6) is -3.26. The van der Waals surface area contributed by atoms with Gasteiger partial charge in [-0.15, -0.1) is 0 Å². The SMILES string of the molecule is NC(OC(=O)C(F)(F)F)c1cc(O[C@H]2CCN(C(=O)Nc3ccccc3)C2)nc(C(F)(F)F)c1. The van der Waals surface area contributed by atoms with Crippen LogP contribution in [0.15, 0.2) is 42.5 Å². The van der Waals surface area contributed by atoms with Gasteiger partial charge in [-0.25, -0.2) is 14.6 Å². The smallest absolute Gasteiger partial charge is 0.472 e. The number of likely N-dealkylation sites (tertiary alicyclic amines) is 1. The maximum Gasteiger partial charge on any atom is 0.490 e. The summed E-state index contributed by atoms with van der Waals surface area (Å²) >= 11 is 0. The van der Waals surface area contributed by atoms with Crippen LogP contribution >= 0.6 is 0 Å². The van der Waals surface area contributed by atoms with E-state index in [-0.39, 0.29) is 19.5 Å². The average molecular weight is 492 g/mol. The van der Waals surface area contributed by atoms with E-state index in [0.29, 0.717) is 11.8 Å². The van der Waals surface area contributed by atoms with Crippen molar-refractivity contribution in [2.24, 2.45) is 5.73 Å². The van der Waals surface area contributed by atoms with Gasteiger partial charge in [0.05, 0.1) is 6.54 Å². The van der Waals surface area contributed by atoms with Crippen molar-refractivity contribution in [3.05, 3.63) is 53.7 Å². The first-order chi connectivity index (χ1) is 15.8. The minimum Gasteiger partial charge on any atom is -0.472 e. The quantitative estimate of drug-likeness (QED) is 0.373. The molecule has 1 saturated heterocycles. The van der Waals surface area contributed by atoms with Gasteiger partial charge in [0, 0.05) is 30.3 Å². The molecule has 0 saturated carbocycles. The Balaban J connectivity index is 1.71. The first-order valence-electron chi connectivity index (χ1n) is 9.73. The third-order valence-electron chi connectivity index (χ3n) is 4.65. The number of rotatable bonds is 5. The van der Waals surface area contributed by atoms with Crippen molar-refractivity contribution in [3.8, 4) is 5.88 Å². The van der Waals surface area contributed by atoms with Gasteiger partial charge < -0.3 is 19.7 Å². The molecule has 1 aliphatic heterocycles. The van der Waals surface area contributed by atoms with Gasteiger partial charge in [0.25, 0.3) is 0 Å². The Kier molecular flexibility index (Phi) is 7.19. The molecule has 2 heterocycles. The Morgan fingerprint density at radius 3 is 2.41 bits per heavy atom. The number of hydrogen-bond acceptors (Lipinski definition) is 6. The number of carbonyl (C=O) groups is 2. The Bertz CT molecular complexity index is 1030. The molecular weight excluding hydrogens is 474 g/mol. The highest BCUT2D eigenvalue weighted by atomic mass is 19.4.